The molecule has 58 heavy (non-hydrogen) atoms. The lowest BCUT2D eigenvalue weighted by atomic mass is 9.73. The van der Waals surface area contributed by atoms with Gasteiger partial charge in [0, 0.05) is 56.4 Å². The molecule has 0 radical (unpaired) electrons. The van der Waals surface area contributed by atoms with Gasteiger partial charge in [-0.2, -0.15) is 0 Å². The Morgan fingerprint density at radius 2 is 1.09 bits per heavy atom. The third-order valence-corrected chi connectivity index (χ3v) is 18.0. The van der Waals surface area contributed by atoms with Crippen LogP contribution in [-0.2, 0) is 19.2 Å². The number of rotatable bonds is 11. The number of carboxylic acid groups (broad SMARTS) is 1. The van der Waals surface area contributed by atoms with E-state index in [-0.39, 0.29) is 35.8 Å². The number of amides is 3. The summed E-state index contributed by atoms with van der Waals surface area (Å²) in [7, 11) is 4.00. The summed E-state index contributed by atoms with van der Waals surface area (Å²) in [4.78, 5) is 50.6. The van der Waals surface area contributed by atoms with E-state index in [1.807, 2.05) is 14.1 Å². The van der Waals surface area contributed by atoms with Crippen molar-refractivity contribution in [2.45, 2.75) is 167 Å². The Morgan fingerprint density at radius 1 is 0.690 bits per heavy atom. The Bertz CT molecular complexity index is 1510. The van der Waals surface area contributed by atoms with Crippen LogP contribution in [-0.4, -0.2) is 112 Å². The summed E-state index contributed by atoms with van der Waals surface area (Å²) in [5.41, 5.74) is 17.9. The van der Waals surface area contributed by atoms with Crippen LogP contribution in [0.2, 0.25) is 0 Å². The Hall–Kier alpha value is -0.570. The van der Waals surface area contributed by atoms with Crippen molar-refractivity contribution >= 4 is 73.3 Å². The molecule has 0 aromatic heterocycles. The highest BCUT2D eigenvalue weighted by Gasteiger charge is 2.85. The molecule has 334 valence electrons. The fourth-order valence-electron chi connectivity index (χ4n) is 13.4. The van der Waals surface area contributed by atoms with Gasteiger partial charge in [-0.15, -0.1) is 12.4 Å². The van der Waals surface area contributed by atoms with Gasteiger partial charge in [-0.3, -0.25) is 29.0 Å². The van der Waals surface area contributed by atoms with Crippen LogP contribution < -0.4 is 22.5 Å². The lowest BCUT2D eigenvalue weighted by Gasteiger charge is -2.32. The molecular weight excluding hydrogens is 990 g/mol. The first-order valence-corrected chi connectivity index (χ1v) is 27.7. The number of likely N-dealkylation sites (N-methyl/N-ethyl adjacent to an activating group) is 2. The molecule has 0 bridgehead atoms. The van der Waals surface area contributed by atoms with Crippen molar-refractivity contribution in [1.29, 1.82) is 0 Å². The normalized spacial score (nSPS) is 33.6. The van der Waals surface area contributed by atoms with Gasteiger partial charge in [0.2, 0.25) is 17.7 Å². The van der Waals surface area contributed by atoms with E-state index >= 15 is 0 Å². The van der Waals surface area contributed by atoms with Crippen LogP contribution >= 0.6 is 49.6 Å². The SMILES string of the molecule is CN1C[C@]2(C[C@H]1C(=O)NC(CC1CCC1)C(O)C(N)=O)C(C)(C)C21CCC1.CN1C[C@]2(C[C@H]1C(=O)O)C(C)(C)C21CCC1.Cl.II.NC(=O)C(O)C(N)CC1CCC1. The second-order valence-corrected chi connectivity index (χ2v) is 20.4. The van der Waals surface area contributed by atoms with E-state index in [1.54, 1.807) is 0 Å². The van der Waals surface area contributed by atoms with Crippen LogP contribution in [0.4, 0.5) is 0 Å². The number of carboxylic acids is 1. The quantitative estimate of drug-likeness (QED) is 0.138. The average Bonchev–Trinajstić information content (AvgIpc) is 3.39. The van der Waals surface area contributed by atoms with Gasteiger partial charge in [0.25, 0.3) is 0 Å². The van der Waals surface area contributed by atoms with E-state index in [9.17, 15) is 29.4 Å². The molecule has 8 atom stereocenters. The van der Waals surface area contributed by atoms with Crippen molar-refractivity contribution in [2.24, 2.45) is 61.5 Å². The highest BCUT2D eigenvalue weighted by atomic mass is 128. The predicted molar refractivity (Wildman–Crippen MR) is 244 cm³/mol. The third-order valence-electron chi connectivity index (χ3n) is 18.0. The fraction of sp³-hybridized carbons (Fsp3) is 0.905. The minimum Gasteiger partial charge on any atom is -0.480 e. The molecule has 2 heterocycles. The molecule has 8 fully saturated rings. The molecule has 6 aliphatic carbocycles. The Kier molecular flexibility index (Phi) is 16.1. The second kappa shape index (κ2) is 18.6. The number of nitrogens with one attached hydrogen (secondary N) is 1. The number of fused-ring (bicyclic) bond motifs is 2. The lowest BCUT2D eigenvalue weighted by molar-refractivity contribution is -0.141. The van der Waals surface area contributed by atoms with Gasteiger partial charge in [-0.25, -0.2) is 0 Å². The minimum absolute atomic E-state index is 0. The molecule has 4 unspecified atom stereocenters. The molecular formula is C42H73ClI2N6O7. The van der Waals surface area contributed by atoms with Gasteiger partial charge in [-0.05, 0) is 110 Å². The molecule has 6 saturated carbocycles. The van der Waals surface area contributed by atoms with Gasteiger partial charge < -0.3 is 37.8 Å². The summed E-state index contributed by atoms with van der Waals surface area (Å²) in [6.07, 6.45) is 15.4. The van der Waals surface area contributed by atoms with Gasteiger partial charge in [0.1, 0.15) is 12.1 Å². The van der Waals surface area contributed by atoms with Crippen molar-refractivity contribution in [3.8, 4) is 0 Å². The van der Waals surface area contributed by atoms with E-state index in [0.29, 0.717) is 51.8 Å². The number of carbonyl (C=O) groups excluding carboxylic acids is 3. The number of primary amides is 2. The van der Waals surface area contributed by atoms with E-state index in [0.717, 1.165) is 38.8 Å². The summed E-state index contributed by atoms with van der Waals surface area (Å²) in [5, 5.41) is 31.6. The Labute approximate surface area is 376 Å². The van der Waals surface area contributed by atoms with Crippen LogP contribution in [0.15, 0.2) is 0 Å². The minimum atomic E-state index is -1.31. The average molecular weight is 1060 g/mol. The smallest absolute Gasteiger partial charge is 0.320 e. The molecule has 8 aliphatic rings. The number of aliphatic hydroxyl groups excluding tert-OH is 2. The number of likely N-dealkylation sites (tertiary alicyclic amines) is 2. The third kappa shape index (κ3) is 8.21. The van der Waals surface area contributed by atoms with Crippen molar-refractivity contribution in [3.05, 3.63) is 0 Å². The van der Waals surface area contributed by atoms with Crippen molar-refractivity contribution < 1.29 is 34.5 Å². The van der Waals surface area contributed by atoms with Gasteiger partial charge in [0.15, 0.2) is 6.10 Å². The van der Waals surface area contributed by atoms with Crippen LogP contribution in [0.1, 0.15) is 130 Å². The van der Waals surface area contributed by atoms with Crippen molar-refractivity contribution in [1.82, 2.24) is 15.1 Å². The summed E-state index contributed by atoms with van der Waals surface area (Å²) in [6.45, 7) is 11.4. The summed E-state index contributed by atoms with van der Waals surface area (Å²) in [5.74, 6) is -1.12. The number of aliphatic carboxylic acids is 1. The molecule has 16 heteroatoms. The first kappa shape index (κ1) is 50.1. The molecule has 0 aromatic rings. The fourth-order valence-corrected chi connectivity index (χ4v) is 13.4. The Balaban J connectivity index is 0.000000204. The zero-order chi connectivity index (χ0) is 42.5. The molecule has 8 rings (SSSR count). The molecule has 13 nitrogen and oxygen atoms in total. The predicted octanol–water partition coefficient (Wildman–Crippen LogP) is 4.92. The maximum atomic E-state index is 13.1. The van der Waals surface area contributed by atoms with Crippen LogP contribution in [0.3, 0.4) is 0 Å². The van der Waals surface area contributed by atoms with Gasteiger partial charge >= 0.3 is 5.97 Å². The number of hydrogen-bond acceptors (Lipinski definition) is 9. The Morgan fingerprint density at radius 3 is 1.40 bits per heavy atom. The van der Waals surface area contributed by atoms with Crippen LogP contribution in [0, 0.1) is 44.3 Å². The second-order valence-electron chi connectivity index (χ2n) is 20.4. The number of carbonyl (C=O) groups is 4. The van der Waals surface area contributed by atoms with Gasteiger partial charge in [0.05, 0.1) is 12.1 Å². The van der Waals surface area contributed by atoms with E-state index in [2.05, 4.69) is 80.0 Å². The standard InChI is InChI=1S/C21H35N3O3.C13H21NO2.C8H16N2O2.ClH.I2/c1-19(2)20(8-5-9-20)21(19)11-15(24(3)12-21)18(27)23-14(16(25)17(22)26)10-13-6-4-7-13;1-11(2)12(5-4-6-12)13(11)7-9(10(15)16)14(3)8-13;9-6(7(11)8(10)12)4-5-2-1-3-5;;1-2/h13-16,25H,4-12H2,1-3H3,(H2,22,26)(H,23,27);9H,4-8H2,1-3H3,(H,15,16);5-7,11H,1-4,9H2,(H2,10,12);1H;/t14?,15-,16?,21+;9-,13+;;;/m00.../s1. The monoisotopic (exact) mass is 1060 g/mol. The molecule has 4 spiro atoms. The zero-order valence-corrected chi connectivity index (χ0v) is 40.7. The largest absolute Gasteiger partial charge is 0.480 e. The van der Waals surface area contributed by atoms with E-state index < -0.39 is 42.1 Å². The molecule has 0 aromatic carbocycles. The van der Waals surface area contributed by atoms with Crippen molar-refractivity contribution in [3.63, 3.8) is 0 Å². The molecule has 2 aliphatic heterocycles. The lowest BCUT2D eigenvalue weighted by Crippen LogP contribution is -2.54. The number of hydrogen-bond donors (Lipinski definition) is 7. The van der Waals surface area contributed by atoms with E-state index in [1.165, 1.54) is 64.2 Å². The molecule has 3 amide bonds. The van der Waals surface area contributed by atoms with Crippen LogP contribution in [0.5, 0.6) is 0 Å². The number of aliphatic hydroxyl groups is 2. The number of nitrogens with zero attached hydrogens (tertiary/aromatic N) is 2. The van der Waals surface area contributed by atoms with E-state index in [4.69, 9.17) is 22.3 Å². The highest BCUT2D eigenvalue weighted by molar-refractivity contribution is 15.0. The highest BCUT2D eigenvalue weighted by Crippen LogP contribution is 2.89. The topological polar surface area (TPSA) is 226 Å². The first-order chi connectivity index (χ1) is 26.6. The summed E-state index contributed by atoms with van der Waals surface area (Å²) >= 11 is 4.24. The maximum Gasteiger partial charge on any atom is 0.320 e. The number of halogens is 3. The summed E-state index contributed by atoms with van der Waals surface area (Å²) in [6, 6.07) is -1.49. The maximum absolute atomic E-state index is 13.1. The van der Waals surface area contributed by atoms with Gasteiger partial charge in [-0.1, -0.05) is 79.1 Å². The van der Waals surface area contributed by atoms with Crippen molar-refractivity contribution in [2.75, 3.05) is 27.2 Å². The van der Waals surface area contributed by atoms with Crippen LogP contribution in [0.25, 0.3) is 0 Å². The molecule has 2 saturated heterocycles. The number of nitrogens with two attached hydrogens (primary N) is 3. The summed E-state index contributed by atoms with van der Waals surface area (Å²) < 4.78 is 0. The first-order valence-electron chi connectivity index (χ1n) is 21.4. The zero-order valence-electron chi connectivity index (χ0n) is 35.6. The molecule has 10 N–H and O–H groups in total.